The lowest BCUT2D eigenvalue weighted by Crippen LogP contribution is -2.13. The number of para-hydroxylation sites is 1. The number of halogens is 2. The Kier molecular flexibility index (Phi) is 4.34. The van der Waals surface area contributed by atoms with Gasteiger partial charge in [-0.3, -0.25) is 0 Å². The number of nitrogens with one attached hydrogen (secondary N) is 1. The third-order valence-corrected chi connectivity index (χ3v) is 2.94. The number of aromatic nitrogens is 2. The van der Waals surface area contributed by atoms with Crippen molar-refractivity contribution in [3.05, 3.63) is 41.7 Å². The Balaban J connectivity index is 2.34. The number of benzene rings is 1. The number of methoxy groups -OCH3 is 1. The highest BCUT2D eigenvalue weighted by Gasteiger charge is 2.15. The first kappa shape index (κ1) is 14.5. The van der Waals surface area contributed by atoms with E-state index in [1.807, 2.05) is 20.0 Å². The summed E-state index contributed by atoms with van der Waals surface area (Å²) in [6.45, 7) is 4.23. The molecule has 1 aromatic carbocycles. The van der Waals surface area contributed by atoms with Gasteiger partial charge in [-0.15, -0.1) is 0 Å². The van der Waals surface area contributed by atoms with Crippen LogP contribution in [0.1, 0.15) is 18.7 Å². The highest BCUT2D eigenvalue weighted by Crippen LogP contribution is 2.24. The molecule has 4 nitrogen and oxygen atoms in total. The molecule has 0 fully saturated rings. The molecule has 1 unspecified atom stereocenters. The minimum absolute atomic E-state index is 0.00136. The monoisotopic (exact) mass is 281 g/mol. The lowest BCUT2D eigenvalue weighted by molar-refractivity contribution is 0.163. The van der Waals surface area contributed by atoms with E-state index in [4.69, 9.17) is 4.74 Å². The summed E-state index contributed by atoms with van der Waals surface area (Å²) < 4.78 is 34.2. The van der Waals surface area contributed by atoms with Gasteiger partial charge in [0.2, 0.25) is 5.95 Å². The molecule has 0 amide bonds. The first-order valence-electron chi connectivity index (χ1n) is 6.28. The Morgan fingerprint density at radius 2 is 2.00 bits per heavy atom. The van der Waals surface area contributed by atoms with Crippen LogP contribution >= 0.6 is 0 Å². The van der Waals surface area contributed by atoms with Gasteiger partial charge < -0.3 is 14.6 Å². The second kappa shape index (κ2) is 6.00. The van der Waals surface area contributed by atoms with Crippen molar-refractivity contribution in [2.45, 2.75) is 19.9 Å². The predicted octanol–water partition coefficient (Wildman–Crippen LogP) is 3.42. The molecular formula is C14H17F2N3O. The maximum absolute atomic E-state index is 13.7. The van der Waals surface area contributed by atoms with Gasteiger partial charge in [0.05, 0.1) is 18.3 Å². The highest BCUT2D eigenvalue weighted by molar-refractivity contribution is 5.55. The number of imidazole rings is 1. The minimum atomic E-state index is -0.656. The van der Waals surface area contributed by atoms with Crippen LogP contribution in [0.15, 0.2) is 24.4 Å². The Labute approximate surface area is 116 Å². The fraction of sp³-hybridized carbons (Fsp3) is 0.357. The first-order valence-corrected chi connectivity index (χ1v) is 6.28. The summed E-state index contributed by atoms with van der Waals surface area (Å²) >= 11 is 0. The van der Waals surface area contributed by atoms with Crippen LogP contribution in [0.3, 0.4) is 0 Å². The lowest BCUT2D eigenvalue weighted by Gasteiger charge is -2.16. The van der Waals surface area contributed by atoms with Crippen molar-refractivity contribution in [2.24, 2.45) is 0 Å². The van der Waals surface area contributed by atoms with E-state index in [9.17, 15) is 8.78 Å². The van der Waals surface area contributed by atoms with Crippen LogP contribution in [0.25, 0.3) is 0 Å². The average molecular weight is 281 g/mol. The molecule has 20 heavy (non-hydrogen) atoms. The smallest absolute Gasteiger partial charge is 0.208 e. The van der Waals surface area contributed by atoms with Gasteiger partial charge in [-0.2, -0.15) is 0 Å². The van der Waals surface area contributed by atoms with Crippen LogP contribution in [-0.4, -0.2) is 23.3 Å². The fourth-order valence-corrected chi connectivity index (χ4v) is 2.00. The number of aryl methyl sites for hydroxylation is 1. The summed E-state index contributed by atoms with van der Waals surface area (Å²) in [6.07, 6.45) is 1.81. The van der Waals surface area contributed by atoms with Crippen molar-refractivity contribution in [2.75, 3.05) is 19.0 Å². The van der Waals surface area contributed by atoms with Crippen LogP contribution in [0.2, 0.25) is 0 Å². The fourth-order valence-electron chi connectivity index (χ4n) is 2.00. The van der Waals surface area contributed by atoms with Gasteiger partial charge in [0.25, 0.3) is 0 Å². The third kappa shape index (κ3) is 2.96. The van der Waals surface area contributed by atoms with Gasteiger partial charge in [0, 0.05) is 13.3 Å². The largest absolute Gasteiger partial charge is 0.383 e. The van der Waals surface area contributed by atoms with Gasteiger partial charge in [0.15, 0.2) is 0 Å². The maximum Gasteiger partial charge on any atom is 0.208 e. The molecule has 1 aromatic heterocycles. The van der Waals surface area contributed by atoms with Crippen LogP contribution in [0, 0.1) is 18.6 Å². The number of nitrogens with zero attached hydrogens (tertiary/aromatic N) is 2. The topological polar surface area (TPSA) is 39.1 Å². The number of hydrogen-bond donors (Lipinski definition) is 1. The van der Waals surface area contributed by atoms with E-state index in [1.165, 1.54) is 18.2 Å². The SMILES string of the molecule is COCC(C)n1cc(C)nc1Nc1c(F)cccc1F. The molecule has 0 bridgehead atoms. The average Bonchev–Trinajstić information content (AvgIpc) is 2.75. The van der Waals surface area contributed by atoms with E-state index in [1.54, 1.807) is 11.7 Å². The summed E-state index contributed by atoms with van der Waals surface area (Å²) in [5, 5.41) is 2.72. The Morgan fingerprint density at radius 3 is 2.60 bits per heavy atom. The van der Waals surface area contributed by atoms with Gasteiger partial charge in [0.1, 0.15) is 17.3 Å². The highest BCUT2D eigenvalue weighted by atomic mass is 19.1. The molecule has 108 valence electrons. The van der Waals surface area contributed by atoms with Crippen molar-refractivity contribution in [1.82, 2.24) is 9.55 Å². The van der Waals surface area contributed by atoms with Gasteiger partial charge >= 0.3 is 0 Å². The molecule has 0 saturated heterocycles. The third-order valence-electron chi connectivity index (χ3n) is 2.94. The molecular weight excluding hydrogens is 264 g/mol. The van der Waals surface area contributed by atoms with Crippen LogP contribution < -0.4 is 5.32 Å². The van der Waals surface area contributed by atoms with Crippen LogP contribution in [0.4, 0.5) is 20.4 Å². The first-order chi connectivity index (χ1) is 9.52. The second-order valence-electron chi connectivity index (χ2n) is 4.64. The van der Waals surface area contributed by atoms with Crippen LogP contribution in [0.5, 0.6) is 0 Å². The molecule has 1 N–H and O–H groups in total. The van der Waals surface area contributed by atoms with E-state index in [2.05, 4.69) is 10.3 Å². The van der Waals surface area contributed by atoms with E-state index in [0.717, 1.165) is 5.69 Å². The van der Waals surface area contributed by atoms with Crippen molar-refractivity contribution >= 4 is 11.6 Å². The zero-order valence-corrected chi connectivity index (χ0v) is 11.7. The Morgan fingerprint density at radius 1 is 1.35 bits per heavy atom. The molecule has 6 heteroatoms. The molecule has 0 radical (unpaired) electrons. The molecule has 0 aliphatic heterocycles. The zero-order chi connectivity index (χ0) is 14.7. The molecule has 1 atom stereocenters. The molecule has 0 aliphatic carbocycles. The summed E-state index contributed by atoms with van der Waals surface area (Å²) in [6, 6.07) is 3.72. The van der Waals surface area contributed by atoms with E-state index < -0.39 is 11.6 Å². The molecule has 0 spiro atoms. The molecule has 2 rings (SSSR count). The maximum atomic E-state index is 13.7. The number of rotatable bonds is 5. The van der Waals surface area contributed by atoms with Crippen molar-refractivity contribution in [1.29, 1.82) is 0 Å². The summed E-state index contributed by atoms with van der Waals surface area (Å²) in [5.74, 6) is -0.927. The number of ether oxygens (including phenoxy) is 1. The molecule has 0 aliphatic rings. The van der Waals surface area contributed by atoms with Crippen molar-refractivity contribution in [3.63, 3.8) is 0 Å². The summed E-state index contributed by atoms with van der Waals surface area (Å²) in [4.78, 5) is 4.25. The molecule has 2 aromatic rings. The predicted molar refractivity (Wildman–Crippen MR) is 73.2 cm³/mol. The quantitative estimate of drug-likeness (QED) is 0.912. The van der Waals surface area contributed by atoms with Gasteiger partial charge in [-0.05, 0) is 26.0 Å². The lowest BCUT2D eigenvalue weighted by atomic mass is 10.3. The van der Waals surface area contributed by atoms with E-state index in [-0.39, 0.29) is 11.7 Å². The summed E-state index contributed by atoms with van der Waals surface area (Å²) in [5.41, 5.74) is 0.552. The molecule has 1 heterocycles. The van der Waals surface area contributed by atoms with Crippen molar-refractivity contribution in [3.8, 4) is 0 Å². The second-order valence-corrected chi connectivity index (χ2v) is 4.64. The number of anilines is 2. The van der Waals surface area contributed by atoms with Crippen molar-refractivity contribution < 1.29 is 13.5 Å². The van der Waals surface area contributed by atoms with Gasteiger partial charge in [-0.25, -0.2) is 13.8 Å². The molecule has 0 saturated carbocycles. The number of hydrogen-bond acceptors (Lipinski definition) is 3. The normalized spacial score (nSPS) is 12.4. The van der Waals surface area contributed by atoms with E-state index >= 15 is 0 Å². The van der Waals surface area contributed by atoms with Gasteiger partial charge in [-0.1, -0.05) is 6.07 Å². The Hall–Kier alpha value is -1.95. The van der Waals surface area contributed by atoms with E-state index in [0.29, 0.717) is 12.6 Å². The summed E-state index contributed by atoms with van der Waals surface area (Å²) in [7, 11) is 1.60. The Bertz CT molecular complexity index is 578. The zero-order valence-electron chi connectivity index (χ0n) is 11.7. The van der Waals surface area contributed by atoms with Crippen LogP contribution in [-0.2, 0) is 4.74 Å². The minimum Gasteiger partial charge on any atom is -0.383 e. The standard InChI is InChI=1S/C14H17F2N3O/c1-9-7-19(10(2)8-20-3)14(17-9)18-13-11(15)5-4-6-12(13)16/h4-7,10H,8H2,1-3H3,(H,17,18).